The number of halogens is 3. The summed E-state index contributed by atoms with van der Waals surface area (Å²) in [6.07, 6.45) is -3.49. The van der Waals surface area contributed by atoms with Gasteiger partial charge in [0.1, 0.15) is 18.2 Å². The molecule has 0 saturated carbocycles. The number of amides is 1. The van der Waals surface area contributed by atoms with E-state index >= 15 is 0 Å². The zero-order valence-corrected chi connectivity index (χ0v) is 15.7. The topological polar surface area (TPSA) is 67.8 Å². The lowest BCUT2D eigenvalue weighted by molar-refractivity contribution is -0.0376. The fraction of sp³-hybridized carbons (Fsp3) is 0.286. The summed E-state index contributed by atoms with van der Waals surface area (Å²) >= 11 is 0. The number of aldehydes is 1. The van der Waals surface area contributed by atoms with E-state index in [9.17, 15) is 22.8 Å². The van der Waals surface area contributed by atoms with Crippen molar-refractivity contribution >= 4 is 18.2 Å². The van der Waals surface area contributed by atoms with E-state index in [0.717, 1.165) is 12.1 Å². The van der Waals surface area contributed by atoms with Crippen LogP contribution >= 0.6 is 0 Å². The molecule has 1 amide bonds. The van der Waals surface area contributed by atoms with Gasteiger partial charge in [0.25, 0.3) is 18.4 Å². The highest BCUT2D eigenvalue weighted by atomic mass is 19.3. The van der Waals surface area contributed by atoms with Gasteiger partial charge in [-0.1, -0.05) is 25.1 Å². The molecular weight excluding hydrogens is 385 g/mol. The van der Waals surface area contributed by atoms with Crippen molar-refractivity contribution in [3.8, 4) is 0 Å². The molecule has 1 heterocycles. The minimum Gasteiger partial charge on any atom is -0.462 e. The Morgan fingerprint density at radius 3 is 2.52 bits per heavy atom. The van der Waals surface area contributed by atoms with Crippen LogP contribution in [0.2, 0.25) is 0 Å². The zero-order valence-electron chi connectivity index (χ0n) is 15.7. The maximum atomic E-state index is 14.6. The summed E-state index contributed by atoms with van der Waals surface area (Å²) in [4.78, 5) is 27.5. The molecule has 0 radical (unpaired) electrons. The molecule has 0 spiro atoms. The third kappa shape index (κ3) is 3.74. The van der Waals surface area contributed by atoms with Gasteiger partial charge < -0.3 is 4.74 Å². The lowest BCUT2D eigenvalue weighted by atomic mass is 9.75. The van der Waals surface area contributed by atoms with E-state index in [1.165, 1.54) is 19.9 Å². The Kier molecular flexibility index (Phi) is 5.72. The highest BCUT2D eigenvalue weighted by molar-refractivity contribution is 6.04. The van der Waals surface area contributed by atoms with Crippen LogP contribution in [0, 0.1) is 11.7 Å². The SMILES string of the molecule is C[C@H]1OC(NC(=O)c2ccccc2)=N[C@@](c2cc(C=O)ccc2F)(C(F)F)[C@H]1C. The first-order valence-electron chi connectivity index (χ1n) is 8.96. The lowest BCUT2D eigenvalue weighted by Gasteiger charge is -2.42. The van der Waals surface area contributed by atoms with Gasteiger partial charge in [0.15, 0.2) is 5.54 Å². The highest BCUT2D eigenvalue weighted by Gasteiger charge is 2.54. The first-order chi connectivity index (χ1) is 13.8. The van der Waals surface area contributed by atoms with E-state index in [4.69, 9.17) is 4.74 Å². The second kappa shape index (κ2) is 8.06. The second-order valence-corrected chi connectivity index (χ2v) is 6.83. The minimum absolute atomic E-state index is 0.0397. The van der Waals surface area contributed by atoms with E-state index in [1.54, 1.807) is 30.3 Å². The number of nitrogens with one attached hydrogen (secondary N) is 1. The number of hydrogen-bond donors (Lipinski definition) is 1. The van der Waals surface area contributed by atoms with Crippen molar-refractivity contribution in [1.82, 2.24) is 5.32 Å². The Morgan fingerprint density at radius 2 is 1.90 bits per heavy atom. The Balaban J connectivity index is 2.10. The molecule has 3 rings (SSSR count). The third-order valence-electron chi connectivity index (χ3n) is 5.13. The van der Waals surface area contributed by atoms with Crippen LogP contribution in [0.5, 0.6) is 0 Å². The fourth-order valence-electron chi connectivity index (χ4n) is 3.34. The molecule has 2 aromatic carbocycles. The number of aliphatic imine (C=N–C) groups is 1. The van der Waals surface area contributed by atoms with Crippen LogP contribution in [0.3, 0.4) is 0 Å². The minimum atomic E-state index is -3.12. The molecule has 3 atom stereocenters. The van der Waals surface area contributed by atoms with Crippen LogP contribution in [0.4, 0.5) is 13.2 Å². The molecule has 5 nitrogen and oxygen atoms in total. The summed E-state index contributed by atoms with van der Waals surface area (Å²) in [5.74, 6) is -2.47. The van der Waals surface area contributed by atoms with Crippen molar-refractivity contribution in [2.75, 3.05) is 0 Å². The van der Waals surface area contributed by atoms with E-state index in [-0.39, 0.29) is 11.1 Å². The van der Waals surface area contributed by atoms with Crippen molar-refractivity contribution in [2.24, 2.45) is 10.9 Å². The molecule has 1 aliphatic rings. The molecular formula is C21H19F3N2O3. The summed E-state index contributed by atoms with van der Waals surface area (Å²) in [5.41, 5.74) is -2.44. The fourth-order valence-corrected chi connectivity index (χ4v) is 3.34. The summed E-state index contributed by atoms with van der Waals surface area (Å²) < 4.78 is 48.9. The molecule has 8 heteroatoms. The lowest BCUT2D eigenvalue weighted by Crippen LogP contribution is -2.52. The summed E-state index contributed by atoms with van der Waals surface area (Å²) in [5, 5.41) is 2.38. The van der Waals surface area contributed by atoms with E-state index < -0.39 is 47.3 Å². The van der Waals surface area contributed by atoms with Crippen LogP contribution in [-0.4, -0.2) is 30.7 Å². The van der Waals surface area contributed by atoms with Gasteiger partial charge in [-0.2, -0.15) is 0 Å². The molecule has 2 aromatic rings. The van der Waals surface area contributed by atoms with Crippen LogP contribution in [-0.2, 0) is 10.3 Å². The number of amidine groups is 1. The van der Waals surface area contributed by atoms with Crippen LogP contribution in [0.15, 0.2) is 53.5 Å². The number of benzene rings is 2. The first-order valence-corrected chi connectivity index (χ1v) is 8.96. The van der Waals surface area contributed by atoms with E-state index in [0.29, 0.717) is 6.29 Å². The Hall–Kier alpha value is -3.16. The Bertz CT molecular complexity index is 949. The van der Waals surface area contributed by atoms with Crippen molar-refractivity contribution in [2.45, 2.75) is 31.9 Å². The third-order valence-corrected chi connectivity index (χ3v) is 5.13. The van der Waals surface area contributed by atoms with Gasteiger partial charge in [0.2, 0.25) is 0 Å². The highest BCUT2D eigenvalue weighted by Crippen LogP contribution is 2.45. The van der Waals surface area contributed by atoms with Crippen molar-refractivity contribution in [3.63, 3.8) is 0 Å². The van der Waals surface area contributed by atoms with Crippen LogP contribution in [0.25, 0.3) is 0 Å². The number of rotatable bonds is 4. The first kappa shape index (κ1) is 20.6. The average molecular weight is 404 g/mol. The molecule has 0 fully saturated rings. The molecule has 1 aliphatic heterocycles. The van der Waals surface area contributed by atoms with Gasteiger partial charge >= 0.3 is 0 Å². The summed E-state index contributed by atoms with van der Waals surface area (Å²) in [6, 6.07) is 10.9. The van der Waals surface area contributed by atoms with Gasteiger partial charge in [-0.15, -0.1) is 0 Å². The standard InChI is InChI=1S/C21H19F3N2O3/c1-12-13(2)29-20(25-18(28)15-6-4-3-5-7-15)26-21(12,19(23)24)16-10-14(11-27)8-9-17(16)22/h3-13,19H,1-2H3,(H,25,26,28)/t12-,13+,21-/m0/s1. The number of hydrogen-bond acceptors (Lipinski definition) is 4. The number of nitrogens with zero attached hydrogens (tertiary/aromatic N) is 1. The Labute approximate surface area is 165 Å². The second-order valence-electron chi connectivity index (χ2n) is 6.83. The normalized spacial score (nSPS) is 23.9. The van der Waals surface area contributed by atoms with E-state index in [2.05, 4.69) is 10.3 Å². The molecule has 152 valence electrons. The van der Waals surface area contributed by atoms with Crippen molar-refractivity contribution in [1.29, 1.82) is 0 Å². The maximum Gasteiger partial charge on any atom is 0.293 e. The molecule has 0 aliphatic carbocycles. The van der Waals surface area contributed by atoms with Crippen molar-refractivity contribution < 1.29 is 27.5 Å². The van der Waals surface area contributed by atoms with Gasteiger partial charge in [-0.25, -0.2) is 18.2 Å². The zero-order chi connectivity index (χ0) is 21.2. The summed E-state index contributed by atoms with van der Waals surface area (Å²) in [7, 11) is 0. The predicted molar refractivity (Wildman–Crippen MR) is 101 cm³/mol. The molecule has 0 unspecified atom stereocenters. The average Bonchev–Trinajstić information content (AvgIpc) is 2.71. The molecule has 1 N–H and O–H groups in total. The van der Waals surface area contributed by atoms with Crippen LogP contribution in [0.1, 0.15) is 40.1 Å². The predicted octanol–water partition coefficient (Wildman–Crippen LogP) is 3.94. The summed E-state index contributed by atoms with van der Waals surface area (Å²) in [6.45, 7) is 3.00. The largest absolute Gasteiger partial charge is 0.462 e. The molecule has 0 saturated heterocycles. The van der Waals surface area contributed by atoms with Gasteiger partial charge in [-0.3, -0.25) is 14.9 Å². The number of ether oxygens (including phenoxy) is 1. The monoisotopic (exact) mass is 404 g/mol. The molecule has 0 bridgehead atoms. The van der Waals surface area contributed by atoms with Gasteiger partial charge in [0.05, 0.1) is 0 Å². The number of carbonyl (C=O) groups is 2. The quantitative estimate of drug-likeness (QED) is 0.785. The van der Waals surface area contributed by atoms with E-state index in [1.807, 2.05) is 0 Å². The number of carbonyl (C=O) groups excluding carboxylic acids is 2. The molecule has 29 heavy (non-hydrogen) atoms. The van der Waals surface area contributed by atoms with Gasteiger partial charge in [-0.05, 0) is 37.3 Å². The van der Waals surface area contributed by atoms with Crippen molar-refractivity contribution in [3.05, 3.63) is 71.0 Å². The Morgan fingerprint density at radius 1 is 1.21 bits per heavy atom. The molecule has 0 aromatic heterocycles. The maximum absolute atomic E-state index is 14.6. The van der Waals surface area contributed by atoms with Crippen LogP contribution < -0.4 is 5.32 Å². The smallest absolute Gasteiger partial charge is 0.293 e. The van der Waals surface area contributed by atoms with Gasteiger partial charge in [0, 0.05) is 22.6 Å². The number of alkyl halides is 2.